The molecule has 3 aliphatic heterocycles. The van der Waals surface area contributed by atoms with Crippen LogP contribution >= 0.6 is 0 Å². The summed E-state index contributed by atoms with van der Waals surface area (Å²) >= 11 is 0. The van der Waals surface area contributed by atoms with Crippen molar-refractivity contribution in [2.24, 2.45) is 0 Å². The Hall–Kier alpha value is -0.890. The minimum atomic E-state index is -1.80. The van der Waals surface area contributed by atoms with Crippen LogP contribution in [0.3, 0.4) is 0 Å². The zero-order valence-electron chi connectivity index (χ0n) is 19.1. The van der Waals surface area contributed by atoms with Crippen molar-refractivity contribution in [1.29, 1.82) is 0 Å². The van der Waals surface area contributed by atoms with E-state index >= 15 is 0 Å². The largest absolute Gasteiger partial charge is 0.463 e. The fraction of sp³-hybridized carbons (Fsp3) is 0.955. The molecule has 3 heterocycles. The molecule has 0 aliphatic carbocycles. The third-order valence-corrected chi connectivity index (χ3v) is 6.51. The Kier molecular flexibility index (Phi) is 9.86. The van der Waals surface area contributed by atoms with Crippen LogP contribution in [0.5, 0.6) is 0 Å². The summed E-state index contributed by atoms with van der Waals surface area (Å²) in [5.74, 6) is -2.24. The highest BCUT2D eigenvalue weighted by atomic mass is 16.8. The summed E-state index contributed by atoms with van der Waals surface area (Å²) in [6.45, 7) is 1.24. The molecule has 0 radical (unpaired) electrons. The molecule has 0 unspecified atom stereocenters. The van der Waals surface area contributed by atoms with Crippen LogP contribution in [0.4, 0.5) is 0 Å². The van der Waals surface area contributed by atoms with Crippen molar-refractivity contribution in [2.45, 2.75) is 113 Å². The second-order valence-electron chi connectivity index (χ2n) is 9.06. The average molecular weight is 479 g/mol. The number of rotatable bonds is 13. The first kappa shape index (κ1) is 26.7. The zero-order valence-corrected chi connectivity index (χ0v) is 19.1. The lowest BCUT2D eigenvalue weighted by molar-refractivity contribution is -0.396. The molecule has 3 fully saturated rings. The Morgan fingerprint density at radius 1 is 0.970 bits per heavy atom. The van der Waals surface area contributed by atoms with Crippen LogP contribution in [0.15, 0.2) is 0 Å². The second kappa shape index (κ2) is 12.2. The van der Waals surface area contributed by atoms with Gasteiger partial charge in [-0.3, -0.25) is 4.79 Å². The topological polar surface area (TPSA) is 164 Å². The van der Waals surface area contributed by atoms with E-state index in [1.165, 1.54) is 19.3 Å². The molecule has 3 aliphatic rings. The van der Waals surface area contributed by atoms with Crippen molar-refractivity contribution in [3.8, 4) is 0 Å². The number of fused-ring (bicyclic) bond motifs is 2. The Balaban J connectivity index is 1.47. The van der Waals surface area contributed by atoms with Crippen LogP contribution in [0, 0.1) is 0 Å². The van der Waals surface area contributed by atoms with Crippen molar-refractivity contribution >= 4 is 5.97 Å². The van der Waals surface area contributed by atoms with E-state index in [2.05, 4.69) is 6.92 Å². The number of aliphatic hydroxyl groups excluding tert-OH is 5. The molecule has 3 rings (SSSR count). The van der Waals surface area contributed by atoms with E-state index in [4.69, 9.17) is 23.7 Å². The molecule has 2 bridgehead atoms. The van der Waals surface area contributed by atoms with E-state index in [0.29, 0.717) is 6.42 Å². The normalized spacial score (nSPS) is 40.3. The molecular formula is C22H38O11. The standard InChI is InChI=1S/C22H38O11/c1-2-3-4-5-6-7-8-9-15(24)29-10-13-16(25)18(27)19(28)21(31-13)33-22(12-23)20-17(26)14(32-22)11-30-20/h13-14,16-21,23,25-28H,2-12H2,1H3/t13-,14-,16-,17-,18+,19-,20+,21-,22+/m1/s1. The van der Waals surface area contributed by atoms with Crippen LogP contribution in [0.2, 0.25) is 0 Å². The van der Waals surface area contributed by atoms with Crippen molar-refractivity contribution in [2.75, 3.05) is 19.8 Å². The Bertz CT molecular complexity index is 619. The van der Waals surface area contributed by atoms with Crippen molar-refractivity contribution in [1.82, 2.24) is 0 Å². The zero-order chi connectivity index (χ0) is 24.0. The summed E-state index contributed by atoms with van der Waals surface area (Å²) in [6, 6.07) is 0. The van der Waals surface area contributed by atoms with E-state index in [-0.39, 0.29) is 19.6 Å². The first-order chi connectivity index (χ1) is 15.8. The van der Waals surface area contributed by atoms with Gasteiger partial charge in [0.2, 0.25) is 5.79 Å². The van der Waals surface area contributed by atoms with Crippen LogP contribution in [0.1, 0.15) is 58.3 Å². The third-order valence-electron chi connectivity index (χ3n) is 6.51. The number of hydrogen-bond acceptors (Lipinski definition) is 11. The number of ether oxygens (including phenoxy) is 5. The van der Waals surface area contributed by atoms with Gasteiger partial charge in [-0.15, -0.1) is 0 Å². The average Bonchev–Trinajstić information content (AvgIpc) is 3.30. The lowest BCUT2D eigenvalue weighted by Crippen LogP contribution is -2.63. The van der Waals surface area contributed by atoms with Crippen LogP contribution < -0.4 is 0 Å². The number of esters is 1. The van der Waals surface area contributed by atoms with Gasteiger partial charge in [-0.25, -0.2) is 0 Å². The van der Waals surface area contributed by atoms with Crippen LogP contribution in [-0.2, 0) is 28.5 Å². The molecule has 5 N–H and O–H groups in total. The summed E-state index contributed by atoms with van der Waals surface area (Å²) in [6.07, 6.45) is -2.63. The monoisotopic (exact) mass is 478 g/mol. The quantitative estimate of drug-likeness (QED) is 0.169. The summed E-state index contributed by atoms with van der Waals surface area (Å²) < 4.78 is 27.4. The Morgan fingerprint density at radius 2 is 1.67 bits per heavy atom. The van der Waals surface area contributed by atoms with Gasteiger partial charge in [0.25, 0.3) is 0 Å². The minimum Gasteiger partial charge on any atom is -0.463 e. The molecule has 3 saturated heterocycles. The maximum absolute atomic E-state index is 12.1. The van der Waals surface area contributed by atoms with E-state index in [1.807, 2.05) is 0 Å². The highest BCUT2D eigenvalue weighted by Gasteiger charge is 2.63. The SMILES string of the molecule is CCCCCCCCCC(=O)OC[C@H]1O[C@H](O[C@]2(CO)O[C@@H]3CO[C@H]2[C@@H]3O)[C@H](O)[C@@H](O)[C@@H]1O. The molecule has 0 saturated carbocycles. The number of unbranched alkanes of at least 4 members (excludes halogenated alkanes) is 6. The van der Waals surface area contributed by atoms with Gasteiger partial charge in [0, 0.05) is 6.42 Å². The molecule has 0 aromatic carbocycles. The first-order valence-corrected chi connectivity index (χ1v) is 11.9. The highest BCUT2D eigenvalue weighted by molar-refractivity contribution is 5.69. The maximum atomic E-state index is 12.1. The van der Waals surface area contributed by atoms with Gasteiger partial charge in [-0.2, -0.15) is 0 Å². The smallest absolute Gasteiger partial charge is 0.305 e. The third kappa shape index (κ3) is 6.22. The van der Waals surface area contributed by atoms with Crippen LogP contribution in [-0.4, -0.2) is 106 Å². The Morgan fingerprint density at radius 3 is 2.27 bits per heavy atom. The molecule has 33 heavy (non-hydrogen) atoms. The Labute approximate surface area is 193 Å². The number of carbonyl (C=O) groups is 1. The summed E-state index contributed by atoms with van der Waals surface area (Å²) in [7, 11) is 0. The lowest BCUT2D eigenvalue weighted by atomic mass is 9.99. The predicted octanol–water partition coefficient (Wildman–Crippen LogP) is -0.658. The van der Waals surface area contributed by atoms with E-state index in [1.54, 1.807) is 0 Å². The summed E-state index contributed by atoms with van der Waals surface area (Å²) in [5.41, 5.74) is 0. The fourth-order valence-corrected chi connectivity index (χ4v) is 4.49. The molecule has 11 nitrogen and oxygen atoms in total. The minimum absolute atomic E-state index is 0.129. The predicted molar refractivity (Wildman–Crippen MR) is 112 cm³/mol. The lowest BCUT2D eigenvalue weighted by Gasteiger charge is -2.44. The van der Waals surface area contributed by atoms with Gasteiger partial charge in [0.15, 0.2) is 6.29 Å². The molecule has 11 heteroatoms. The van der Waals surface area contributed by atoms with Crippen LogP contribution in [0.25, 0.3) is 0 Å². The highest BCUT2D eigenvalue weighted by Crippen LogP contribution is 2.41. The molecule has 0 spiro atoms. The van der Waals surface area contributed by atoms with E-state index in [9.17, 15) is 30.3 Å². The number of carbonyl (C=O) groups excluding carboxylic acids is 1. The number of hydrogen-bond donors (Lipinski definition) is 5. The van der Waals surface area contributed by atoms with Gasteiger partial charge >= 0.3 is 5.97 Å². The first-order valence-electron chi connectivity index (χ1n) is 11.9. The number of aliphatic hydroxyl groups is 5. The fourth-order valence-electron chi connectivity index (χ4n) is 4.49. The summed E-state index contributed by atoms with van der Waals surface area (Å²) in [4.78, 5) is 12.1. The molecule has 0 amide bonds. The van der Waals surface area contributed by atoms with Gasteiger partial charge in [-0.1, -0.05) is 45.4 Å². The van der Waals surface area contributed by atoms with E-state index in [0.717, 1.165) is 19.3 Å². The molecule has 0 aromatic heterocycles. The van der Waals surface area contributed by atoms with E-state index < -0.39 is 67.4 Å². The van der Waals surface area contributed by atoms with Crippen molar-refractivity contribution in [3.05, 3.63) is 0 Å². The van der Waals surface area contributed by atoms with Crippen molar-refractivity contribution < 1.29 is 54.0 Å². The van der Waals surface area contributed by atoms with Gasteiger partial charge in [0.1, 0.15) is 55.9 Å². The molecule has 9 atom stereocenters. The maximum Gasteiger partial charge on any atom is 0.305 e. The molecular weight excluding hydrogens is 440 g/mol. The molecule has 0 aromatic rings. The second-order valence-corrected chi connectivity index (χ2v) is 9.06. The van der Waals surface area contributed by atoms with Gasteiger partial charge < -0.3 is 49.2 Å². The van der Waals surface area contributed by atoms with Gasteiger partial charge in [0.05, 0.1) is 6.61 Å². The van der Waals surface area contributed by atoms with Gasteiger partial charge in [-0.05, 0) is 6.42 Å². The van der Waals surface area contributed by atoms with Crippen molar-refractivity contribution in [3.63, 3.8) is 0 Å². The molecule has 192 valence electrons. The summed E-state index contributed by atoms with van der Waals surface area (Å²) in [5, 5.41) is 50.8.